The minimum Gasteiger partial charge on any atom is -0.497 e. The van der Waals surface area contributed by atoms with Crippen molar-refractivity contribution in [1.29, 1.82) is 0 Å². The van der Waals surface area contributed by atoms with E-state index in [0.29, 0.717) is 16.7 Å². The number of anilines is 1. The molecular weight excluding hydrogens is 412 g/mol. The molecule has 0 bridgehead atoms. The maximum atomic E-state index is 12.6. The lowest BCUT2D eigenvalue weighted by Crippen LogP contribution is -2.26. The number of ether oxygens (including phenoxy) is 3. The molecule has 0 aliphatic carbocycles. The molecule has 32 heavy (non-hydrogen) atoms. The van der Waals surface area contributed by atoms with Gasteiger partial charge in [0.25, 0.3) is 0 Å². The van der Waals surface area contributed by atoms with Crippen LogP contribution in [0, 0.1) is 0 Å². The van der Waals surface area contributed by atoms with E-state index in [1.807, 2.05) is 24.3 Å². The molecule has 0 fully saturated rings. The third-order valence-corrected chi connectivity index (χ3v) is 4.83. The Balaban J connectivity index is 1.78. The number of hydrogen-bond acceptors (Lipinski definition) is 8. The SMILES string of the molecule is COC(=O)C1=C(C(=O)OC)N(c2ccc3nn(-c4ccc(OC)cc4)nc3c2)C=CC=C1. The summed E-state index contributed by atoms with van der Waals surface area (Å²) >= 11 is 0. The van der Waals surface area contributed by atoms with Crippen molar-refractivity contribution >= 4 is 28.7 Å². The number of rotatable bonds is 5. The standard InChI is InChI=1S/C23H20N4O5/c1-30-17-10-7-15(8-11-17)27-24-19-12-9-16(14-20(19)25-27)26-13-5-4-6-18(22(28)31-2)21(26)23(29)32-3/h4-14H,1-3H3. The van der Waals surface area contributed by atoms with Crippen LogP contribution < -0.4 is 9.64 Å². The lowest BCUT2D eigenvalue weighted by Gasteiger charge is -2.22. The molecule has 1 aliphatic rings. The van der Waals surface area contributed by atoms with Crippen LogP contribution in [-0.2, 0) is 19.1 Å². The molecule has 3 aromatic rings. The molecule has 2 heterocycles. The Morgan fingerprint density at radius 1 is 0.812 bits per heavy atom. The number of carbonyl (C=O) groups excluding carboxylic acids is 2. The van der Waals surface area contributed by atoms with Crippen LogP contribution in [0.2, 0.25) is 0 Å². The van der Waals surface area contributed by atoms with Gasteiger partial charge in [-0.05, 0) is 54.6 Å². The summed E-state index contributed by atoms with van der Waals surface area (Å²) < 4.78 is 15.0. The minimum atomic E-state index is -0.677. The highest BCUT2D eigenvalue weighted by Crippen LogP contribution is 2.28. The highest BCUT2D eigenvalue weighted by atomic mass is 16.5. The normalized spacial score (nSPS) is 13.3. The fraction of sp³-hybridized carbons (Fsp3) is 0.130. The Morgan fingerprint density at radius 2 is 1.50 bits per heavy atom. The van der Waals surface area contributed by atoms with Crippen LogP contribution in [0.1, 0.15) is 0 Å². The number of hydrogen-bond donors (Lipinski definition) is 0. The summed E-state index contributed by atoms with van der Waals surface area (Å²) in [6, 6.07) is 12.7. The summed E-state index contributed by atoms with van der Waals surface area (Å²) in [5.74, 6) is -0.594. The van der Waals surface area contributed by atoms with Crippen LogP contribution in [0.4, 0.5) is 5.69 Å². The van der Waals surface area contributed by atoms with Crippen LogP contribution in [0.5, 0.6) is 5.75 Å². The number of aromatic nitrogens is 3. The van der Waals surface area contributed by atoms with Gasteiger partial charge >= 0.3 is 11.9 Å². The number of allylic oxidation sites excluding steroid dienone is 2. The fourth-order valence-electron chi connectivity index (χ4n) is 3.25. The summed E-state index contributed by atoms with van der Waals surface area (Å²) in [4.78, 5) is 28.0. The Bertz CT molecular complexity index is 1270. The molecule has 0 amide bonds. The topological polar surface area (TPSA) is 95.8 Å². The number of nitrogens with zero attached hydrogens (tertiary/aromatic N) is 4. The molecule has 0 N–H and O–H groups in total. The third kappa shape index (κ3) is 3.83. The molecule has 0 spiro atoms. The summed E-state index contributed by atoms with van der Waals surface area (Å²) in [6.45, 7) is 0. The van der Waals surface area contributed by atoms with Crippen LogP contribution in [0.25, 0.3) is 16.7 Å². The van der Waals surface area contributed by atoms with Gasteiger partial charge in [0.15, 0.2) is 0 Å². The van der Waals surface area contributed by atoms with E-state index in [4.69, 9.17) is 14.2 Å². The van der Waals surface area contributed by atoms with Gasteiger partial charge in [0, 0.05) is 11.9 Å². The Labute approximate surface area is 183 Å². The molecule has 4 rings (SSSR count). The zero-order chi connectivity index (χ0) is 22.7. The second-order valence-corrected chi connectivity index (χ2v) is 6.68. The number of methoxy groups -OCH3 is 3. The molecule has 0 atom stereocenters. The van der Waals surface area contributed by atoms with Crippen molar-refractivity contribution in [2.75, 3.05) is 26.2 Å². The van der Waals surface area contributed by atoms with Gasteiger partial charge in [-0.1, -0.05) is 6.08 Å². The van der Waals surface area contributed by atoms with E-state index in [-0.39, 0.29) is 11.3 Å². The molecule has 9 heteroatoms. The Morgan fingerprint density at radius 3 is 2.19 bits per heavy atom. The first kappa shape index (κ1) is 20.9. The van der Waals surface area contributed by atoms with E-state index in [2.05, 4.69) is 10.2 Å². The maximum Gasteiger partial charge on any atom is 0.355 e. The van der Waals surface area contributed by atoms with Crippen LogP contribution in [-0.4, -0.2) is 48.3 Å². The lowest BCUT2D eigenvalue weighted by atomic mass is 10.1. The Kier molecular flexibility index (Phi) is 5.71. The van der Waals surface area contributed by atoms with Crippen molar-refractivity contribution < 1.29 is 23.8 Å². The number of carbonyl (C=O) groups is 2. The third-order valence-electron chi connectivity index (χ3n) is 4.83. The molecule has 9 nitrogen and oxygen atoms in total. The van der Waals surface area contributed by atoms with Gasteiger partial charge in [0.05, 0.1) is 32.6 Å². The van der Waals surface area contributed by atoms with E-state index in [9.17, 15) is 9.59 Å². The first-order valence-electron chi connectivity index (χ1n) is 9.62. The zero-order valence-electron chi connectivity index (χ0n) is 17.7. The summed E-state index contributed by atoms with van der Waals surface area (Å²) in [6.07, 6.45) is 6.52. The first-order chi connectivity index (χ1) is 15.5. The van der Waals surface area contributed by atoms with Gasteiger partial charge in [-0.2, -0.15) is 4.80 Å². The van der Waals surface area contributed by atoms with Crippen molar-refractivity contribution in [3.05, 3.63) is 78.2 Å². The molecule has 162 valence electrons. The zero-order valence-corrected chi connectivity index (χ0v) is 17.7. The fourth-order valence-corrected chi connectivity index (χ4v) is 3.25. The average Bonchev–Trinajstić information content (AvgIpc) is 3.14. The van der Waals surface area contributed by atoms with Crippen molar-refractivity contribution in [2.45, 2.75) is 0 Å². The molecule has 1 aliphatic heterocycles. The molecule has 0 saturated heterocycles. The van der Waals surface area contributed by atoms with Gasteiger partial charge in [0.1, 0.15) is 22.5 Å². The van der Waals surface area contributed by atoms with Crippen molar-refractivity contribution in [3.63, 3.8) is 0 Å². The van der Waals surface area contributed by atoms with E-state index in [1.165, 1.54) is 25.1 Å². The number of fused-ring (bicyclic) bond motifs is 1. The van der Waals surface area contributed by atoms with Crippen LogP contribution in [0.3, 0.4) is 0 Å². The van der Waals surface area contributed by atoms with Gasteiger partial charge in [0.2, 0.25) is 0 Å². The number of benzene rings is 2. The van der Waals surface area contributed by atoms with Crippen molar-refractivity contribution in [3.8, 4) is 11.4 Å². The van der Waals surface area contributed by atoms with Crippen LogP contribution >= 0.6 is 0 Å². The predicted molar refractivity (Wildman–Crippen MR) is 117 cm³/mol. The first-order valence-corrected chi connectivity index (χ1v) is 9.62. The molecule has 2 aromatic carbocycles. The summed E-state index contributed by atoms with van der Waals surface area (Å²) in [5, 5.41) is 9.06. The maximum absolute atomic E-state index is 12.6. The largest absolute Gasteiger partial charge is 0.497 e. The highest BCUT2D eigenvalue weighted by Gasteiger charge is 2.27. The average molecular weight is 432 g/mol. The van der Waals surface area contributed by atoms with Crippen molar-refractivity contribution in [1.82, 2.24) is 15.0 Å². The van der Waals surface area contributed by atoms with E-state index < -0.39 is 11.9 Å². The van der Waals surface area contributed by atoms with Gasteiger partial charge < -0.3 is 19.1 Å². The molecule has 0 radical (unpaired) electrons. The van der Waals surface area contributed by atoms with Crippen LogP contribution in [0.15, 0.2) is 78.2 Å². The van der Waals surface area contributed by atoms with E-state index in [0.717, 1.165) is 11.4 Å². The minimum absolute atomic E-state index is 0.0336. The molecule has 0 unspecified atom stereocenters. The van der Waals surface area contributed by atoms with E-state index in [1.54, 1.807) is 48.6 Å². The molecule has 1 aromatic heterocycles. The number of esters is 2. The van der Waals surface area contributed by atoms with Gasteiger partial charge in [-0.25, -0.2) is 9.59 Å². The second kappa shape index (κ2) is 8.76. The highest BCUT2D eigenvalue weighted by molar-refractivity contribution is 6.05. The van der Waals surface area contributed by atoms with E-state index >= 15 is 0 Å². The molecular formula is C23H20N4O5. The lowest BCUT2D eigenvalue weighted by molar-refractivity contribution is -0.139. The molecule has 0 saturated carbocycles. The Hall–Kier alpha value is -4.40. The predicted octanol–water partition coefficient (Wildman–Crippen LogP) is 2.92. The summed E-state index contributed by atoms with van der Waals surface area (Å²) in [5.41, 5.74) is 2.75. The smallest absolute Gasteiger partial charge is 0.355 e. The monoisotopic (exact) mass is 432 g/mol. The summed E-state index contributed by atoms with van der Waals surface area (Å²) in [7, 11) is 4.11. The van der Waals surface area contributed by atoms with Gasteiger partial charge in [-0.3, -0.25) is 0 Å². The van der Waals surface area contributed by atoms with Crippen molar-refractivity contribution in [2.24, 2.45) is 0 Å². The van der Waals surface area contributed by atoms with Gasteiger partial charge in [-0.15, -0.1) is 10.2 Å². The second-order valence-electron chi connectivity index (χ2n) is 6.68. The quantitative estimate of drug-likeness (QED) is 0.568.